The van der Waals surface area contributed by atoms with Gasteiger partial charge in [-0.05, 0) is 29.8 Å². The molecule has 2 aromatic carbocycles. The van der Waals surface area contributed by atoms with Gasteiger partial charge in [-0.2, -0.15) is 0 Å². The molecule has 0 saturated carbocycles. The van der Waals surface area contributed by atoms with Crippen LogP contribution in [0.15, 0.2) is 67.3 Å². The molecule has 0 aliphatic carbocycles. The average molecular weight is 265 g/mol. The third kappa shape index (κ3) is 2.64. The fraction of sp³-hybridized carbons (Fsp3) is 0.0625. The number of para-hydroxylation sites is 2. The van der Waals surface area contributed by atoms with E-state index in [1.165, 1.54) is 0 Å². The van der Waals surface area contributed by atoms with Gasteiger partial charge in [-0.15, -0.1) is 0 Å². The van der Waals surface area contributed by atoms with Gasteiger partial charge in [-0.25, -0.2) is 4.98 Å². The van der Waals surface area contributed by atoms with Gasteiger partial charge in [-0.3, -0.25) is 0 Å². The zero-order chi connectivity index (χ0) is 13.8. The maximum atomic E-state index is 5.84. The van der Waals surface area contributed by atoms with E-state index in [0.29, 0.717) is 18.0 Å². The molecule has 0 unspecified atom stereocenters. The summed E-state index contributed by atoms with van der Waals surface area (Å²) >= 11 is 0. The van der Waals surface area contributed by atoms with E-state index in [2.05, 4.69) is 4.98 Å². The molecule has 2 N–H and O–H groups in total. The maximum Gasteiger partial charge on any atom is 0.142 e. The van der Waals surface area contributed by atoms with Crippen LogP contribution in [0, 0.1) is 0 Å². The summed E-state index contributed by atoms with van der Waals surface area (Å²) in [4.78, 5) is 4.03. The predicted molar refractivity (Wildman–Crippen MR) is 78.8 cm³/mol. The van der Waals surface area contributed by atoms with E-state index in [1.54, 1.807) is 12.5 Å². The van der Waals surface area contributed by atoms with Gasteiger partial charge in [0.2, 0.25) is 0 Å². The Morgan fingerprint density at radius 1 is 1.05 bits per heavy atom. The number of nitrogens with two attached hydrogens (primary N) is 1. The van der Waals surface area contributed by atoms with Gasteiger partial charge < -0.3 is 15.0 Å². The van der Waals surface area contributed by atoms with Crippen molar-refractivity contribution < 1.29 is 4.74 Å². The van der Waals surface area contributed by atoms with Crippen LogP contribution < -0.4 is 10.5 Å². The van der Waals surface area contributed by atoms with Crippen molar-refractivity contribution in [1.82, 2.24) is 9.55 Å². The normalized spacial score (nSPS) is 10.4. The van der Waals surface area contributed by atoms with Crippen molar-refractivity contribution in [2.45, 2.75) is 6.61 Å². The molecular weight excluding hydrogens is 250 g/mol. The van der Waals surface area contributed by atoms with E-state index in [1.807, 2.05) is 59.3 Å². The molecule has 100 valence electrons. The van der Waals surface area contributed by atoms with Gasteiger partial charge in [0.1, 0.15) is 12.4 Å². The Balaban J connectivity index is 1.68. The third-order valence-electron chi connectivity index (χ3n) is 3.05. The van der Waals surface area contributed by atoms with Crippen LogP contribution in [0.3, 0.4) is 0 Å². The van der Waals surface area contributed by atoms with Crippen LogP contribution in [0.25, 0.3) is 5.69 Å². The molecule has 4 nitrogen and oxygen atoms in total. The Kier molecular flexibility index (Phi) is 3.37. The molecule has 1 aromatic heterocycles. The van der Waals surface area contributed by atoms with Crippen LogP contribution in [0.2, 0.25) is 0 Å². The SMILES string of the molecule is Nc1ccccc1OCc1ccc(-n2ccnc2)cc1. The quantitative estimate of drug-likeness (QED) is 0.738. The number of rotatable bonds is 4. The summed E-state index contributed by atoms with van der Waals surface area (Å²) in [7, 11) is 0. The van der Waals surface area contributed by atoms with E-state index in [-0.39, 0.29) is 0 Å². The summed E-state index contributed by atoms with van der Waals surface area (Å²) in [5.41, 5.74) is 8.66. The molecular formula is C16H15N3O. The molecule has 3 rings (SSSR count). The van der Waals surface area contributed by atoms with E-state index < -0.39 is 0 Å². The standard InChI is InChI=1S/C16H15N3O/c17-15-3-1-2-4-16(15)20-11-13-5-7-14(8-6-13)19-10-9-18-12-19/h1-10,12H,11,17H2. The molecule has 0 saturated heterocycles. The van der Waals surface area contributed by atoms with Gasteiger partial charge in [0.15, 0.2) is 0 Å². The Bertz CT molecular complexity index is 675. The van der Waals surface area contributed by atoms with Crippen LogP contribution in [-0.2, 0) is 6.61 Å². The van der Waals surface area contributed by atoms with Gasteiger partial charge in [0.25, 0.3) is 0 Å². The molecule has 0 aliphatic heterocycles. The fourth-order valence-electron chi connectivity index (χ4n) is 1.95. The Morgan fingerprint density at radius 3 is 2.55 bits per heavy atom. The molecule has 0 aliphatic rings. The van der Waals surface area contributed by atoms with Crippen molar-refractivity contribution in [1.29, 1.82) is 0 Å². The minimum Gasteiger partial charge on any atom is -0.487 e. The van der Waals surface area contributed by atoms with Gasteiger partial charge >= 0.3 is 0 Å². The molecule has 0 atom stereocenters. The third-order valence-corrected chi connectivity index (χ3v) is 3.05. The number of aromatic nitrogens is 2. The van der Waals surface area contributed by atoms with Crippen molar-refractivity contribution in [3.05, 3.63) is 72.8 Å². The first-order chi connectivity index (χ1) is 9.83. The second-order valence-electron chi connectivity index (χ2n) is 4.46. The summed E-state index contributed by atoms with van der Waals surface area (Å²) in [5, 5.41) is 0. The first kappa shape index (κ1) is 12.3. The highest BCUT2D eigenvalue weighted by Crippen LogP contribution is 2.21. The summed E-state index contributed by atoms with van der Waals surface area (Å²) in [6.07, 6.45) is 5.45. The van der Waals surface area contributed by atoms with Crippen molar-refractivity contribution in [3.8, 4) is 11.4 Å². The lowest BCUT2D eigenvalue weighted by Gasteiger charge is -2.09. The lowest BCUT2D eigenvalue weighted by molar-refractivity contribution is 0.308. The minimum atomic E-state index is 0.498. The first-order valence-electron chi connectivity index (χ1n) is 6.37. The number of ether oxygens (including phenoxy) is 1. The first-order valence-corrected chi connectivity index (χ1v) is 6.37. The highest BCUT2D eigenvalue weighted by Gasteiger charge is 2.00. The van der Waals surface area contributed by atoms with E-state index in [0.717, 1.165) is 11.3 Å². The fourth-order valence-corrected chi connectivity index (χ4v) is 1.95. The number of benzene rings is 2. The second-order valence-corrected chi connectivity index (χ2v) is 4.46. The molecule has 0 spiro atoms. The topological polar surface area (TPSA) is 53.1 Å². The highest BCUT2D eigenvalue weighted by molar-refractivity contribution is 5.51. The average Bonchev–Trinajstić information content (AvgIpc) is 3.01. The predicted octanol–water partition coefficient (Wildman–Crippen LogP) is 3.03. The molecule has 0 radical (unpaired) electrons. The van der Waals surface area contributed by atoms with E-state index in [4.69, 9.17) is 10.5 Å². The summed E-state index contributed by atoms with van der Waals surface area (Å²) in [6, 6.07) is 15.6. The van der Waals surface area contributed by atoms with E-state index in [9.17, 15) is 0 Å². The molecule has 1 heterocycles. The van der Waals surface area contributed by atoms with Crippen molar-refractivity contribution >= 4 is 5.69 Å². The molecule has 0 fully saturated rings. The molecule has 3 aromatic rings. The van der Waals surface area contributed by atoms with Gasteiger partial charge in [0.05, 0.1) is 12.0 Å². The molecule has 0 bridgehead atoms. The van der Waals surface area contributed by atoms with Gasteiger partial charge in [-0.1, -0.05) is 24.3 Å². The number of hydrogen-bond acceptors (Lipinski definition) is 3. The number of anilines is 1. The largest absolute Gasteiger partial charge is 0.487 e. The van der Waals surface area contributed by atoms with Crippen LogP contribution >= 0.6 is 0 Å². The minimum absolute atomic E-state index is 0.498. The lowest BCUT2D eigenvalue weighted by atomic mass is 10.2. The molecule has 20 heavy (non-hydrogen) atoms. The summed E-state index contributed by atoms with van der Waals surface area (Å²) in [6.45, 7) is 0.498. The van der Waals surface area contributed by atoms with Crippen LogP contribution in [-0.4, -0.2) is 9.55 Å². The van der Waals surface area contributed by atoms with Crippen molar-refractivity contribution in [3.63, 3.8) is 0 Å². The van der Waals surface area contributed by atoms with Crippen molar-refractivity contribution in [2.24, 2.45) is 0 Å². The Morgan fingerprint density at radius 2 is 1.85 bits per heavy atom. The number of nitrogen functional groups attached to an aromatic ring is 1. The van der Waals surface area contributed by atoms with Crippen LogP contribution in [0.4, 0.5) is 5.69 Å². The monoisotopic (exact) mass is 265 g/mol. The lowest BCUT2D eigenvalue weighted by Crippen LogP contribution is -1.99. The van der Waals surface area contributed by atoms with Crippen LogP contribution in [0.1, 0.15) is 5.56 Å². The van der Waals surface area contributed by atoms with E-state index >= 15 is 0 Å². The maximum absolute atomic E-state index is 5.84. The Labute approximate surface area is 117 Å². The zero-order valence-corrected chi connectivity index (χ0v) is 10.9. The number of nitrogens with zero attached hydrogens (tertiary/aromatic N) is 2. The second kappa shape index (κ2) is 5.48. The Hall–Kier alpha value is -2.75. The summed E-state index contributed by atoms with van der Waals surface area (Å²) < 4.78 is 7.67. The zero-order valence-electron chi connectivity index (χ0n) is 10.9. The highest BCUT2D eigenvalue weighted by atomic mass is 16.5. The van der Waals surface area contributed by atoms with Gasteiger partial charge in [0, 0.05) is 18.1 Å². The number of hydrogen-bond donors (Lipinski definition) is 1. The number of imidazole rings is 1. The smallest absolute Gasteiger partial charge is 0.142 e. The summed E-state index contributed by atoms with van der Waals surface area (Å²) in [5.74, 6) is 0.714. The molecule has 0 amide bonds. The van der Waals surface area contributed by atoms with Crippen molar-refractivity contribution in [2.75, 3.05) is 5.73 Å². The van der Waals surface area contributed by atoms with Crippen LogP contribution in [0.5, 0.6) is 5.75 Å². The molecule has 4 heteroatoms.